The number of carbonyl (C=O) groups excluding carboxylic acids is 1. The number of hydrogen-bond donors (Lipinski definition) is 1. The second-order valence-corrected chi connectivity index (χ2v) is 3.84. The molecule has 0 fully saturated rings. The molecule has 0 spiro atoms. The molecule has 1 amide bonds. The van der Waals surface area contributed by atoms with Gasteiger partial charge < -0.3 is 10.1 Å². The van der Waals surface area contributed by atoms with Crippen LogP contribution in [0.4, 0.5) is 0 Å². The average Bonchev–Trinajstić information content (AvgIpc) is 2.35. The lowest BCUT2D eigenvalue weighted by molar-refractivity contribution is -0.116. The van der Waals surface area contributed by atoms with Gasteiger partial charge in [0.2, 0.25) is 5.91 Å². The standard InChI is InChI=1S/C15H19NO2/c1-3-4-5-9-15(17)16-10-11-18-14-8-6-7-13(2)12-14/h3-9,12H,10-11H2,1-2H3,(H,16,17)/b4-3+,9-5+. The number of nitrogens with one attached hydrogen (secondary N) is 1. The van der Waals surface area contributed by atoms with Gasteiger partial charge in [0.05, 0.1) is 6.54 Å². The van der Waals surface area contributed by atoms with Crippen molar-refractivity contribution in [2.45, 2.75) is 13.8 Å². The number of aryl methyl sites for hydroxylation is 1. The van der Waals surface area contributed by atoms with Crippen LogP contribution >= 0.6 is 0 Å². The summed E-state index contributed by atoms with van der Waals surface area (Å²) in [6, 6.07) is 7.83. The van der Waals surface area contributed by atoms with Crippen LogP contribution in [0.2, 0.25) is 0 Å². The Morgan fingerprint density at radius 3 is 2.94 bits per heavy atom. The summed E-state index contributed by atoms with van der Waals surface area (Å²) in [6.07, 6.45) is 6.87. The smallest absolute Gasteiger partial charge is 0.244 e. The first-order chi connectivity index (χ1) is 8.72. The van der Waals surface area contributed by atoms with Crippen LogP contribution in [0.15, 0.2) is 48.6 Å². The first kappa shape index (κ1) is 14.0. The molecule has 1 rings (SSSR count). The summed E-state index contributed by atoms with van der Waals surface area (Å²) >= 11 is 0. The largest absolute Gasteiger partial charge is 0.492 e. The molecular weight excluding hydrogens is 226 g/mol. The number of carbonyl (C=O) groups is 1. The summed E-state index contributed by atoms with van der Waals surface area (Å²) in [5.74, 6) is 0.717. The van der Waals surface area contributed by atoms with Gasteiger partial charge in [-0.25, -0.2) is 0 Å². The number of rotatable bonds is 6. The van der Waals surface area contributed by atoms with E-state index in [1.54, 1.807) is 6.08 Å². The van der Waals surface area contributed by atoms with E-state index in [0.29, 0.717) is 13.2 Å². The van der Waals surface area contributed by atoms with Crippen LogP contribution in [0, 0.1) is 6.92 Å². The fraction of sp³-hybridized carbons (Fsp3) is 0.267. The molecule has 0 atom stereocenters. The third-order valence-electron chi connectivity index (χ3n) is 2.21. The lowest BCUT2D eigenvalue weighted by Gasteiger charge is -2.06. The van der Waals surface area contributed by atoms with E-state index in [4.69, 9.17) is 4.74 Å². The molecule has 1 aromatic rings. The Morgan fingerprint density at radius 1 is 1.39 bits per heavy atom. The summed E-state index contributed by atoms with van der Waals surface area (Å²) < 4.78 is 5.51. The summed E-state index contributed by atoms with van der Waals surface area (Å²) in [7, 11) is 0. The van der Waals surface area contributed by atoms with Crippen LogP contribution in [-0.4, -0.2) is 19.1 Å². The monoisotopic (exact) mass is 245 g/mol. The molecule has 0 aliphatic rings. The van der Waals surface area contributed by atoms with Crippen molar-refractivity contribution in [2.75, 3.05) is 13.2 Å². The highest BCUT2D eigenvalue weighted by Gasteiger charge is 1.96. The zero-order valence-electron chi connectivity index (χ0n) is 10.8. The fourth-order valence-electron chi connectivity index (χ4n) is 1.36. The number of ether oxygens (including phenoxy) is 1. The number of allylic oxidation sites excluding steroid dienone is 3. The van der Waals surface area contributed by atoms with Gasteiger partial charge in [0.1, 0.15) is 12.4 Å². The summed E-state index contributed by atoms with van der Waals surface area (Å²) in [6.45, 7) is 4.87. The van der Waals surface area contributed by atoms with Crippen LogP contribution in [0.1, 0.15) is 12.5 Å². The van der Waals surface area contributed by atoms with Crippen LogP contribution in [0.25, 0.3) is 0 Å². The minimum absolute atomic E-state index is 0.110. The molecule has 0 bridgehead atoms. The maximum atomic E-state index is 11.3. The van der Waals surface area contributed by atoms with E-state index in [9.17, 15) is 4.79 Å². The molecule has 0 aliphatic carbocycles. The average molecular weight is 245 g/mol. The summed E-state index contributed by atoms with van der Waals surface area (Å²) in [5.41, 5.74) is 1.16. The lowest BCUT2D eigenvalue weighted by Crippen LogP contribution is -2.26. The SMILES string of the molecule is C/C=C/C=C/C(=O)NCCOc1cccc(C)c1. The molecule has 0 aromatic heterocycles. The lowest BCUT2D eigenvalue weighted by atomic mass is 10.2. The number of benzene rings is 1. The van der Waals surface area contributed by atoms with Gasteiger partial charge in [-0.1, -0.05) is 30.4 Å². The van der Waals surface area contributed by atoms with Crippen molar-refractivity contribution in [1.82, 2.24) is 5.32 Å². The van der Waals surface area contributed by atoms with Crippen molar-refractivity contribution in [3.05, 3.63) is 54.1 Å². The van der Waals surface area contributed by atoms with E-state index < -0.39 is 0 Å². The maximum Gasteiger partial charge on any atom is 0.244 e. The molecule has 0 unspecified atom stereocenters. The van der Waals surface area contributed by atoms with Gasteiger partial charge >= 0.3 is 0 Å². The Kier molecular flexibility index (Phi) is 6.33. The molecule has 0 aliphatic heterocycles. The Morgan fingerprint density at radius 2 is 2.22 bits per heavy atom. The van der Waals surface area contributed by atoms with E-state index in [1.165, 1.54) is 6.08 Å². The first-order valence-corrected chi connectivity index (χ1v) is 5.99. The molecule has 0 radical (unpaired) electrons. The van der Waals surface area contributed by atoms with E-state index in [0.717, 1.165) is 11.3 Å². The zero-order chi connectivity index (χ0) is 13.2. The zero-order valence-corrected chi connectivity index (χ0v) is 10.8. The molecule has 1 aromatic carbocycles. The van der Waals surface area contributed by atoms with Crippen molar-refractivity contribution in [3.63, 3.8) is 0 Å². The third-order valence-corrected chi connectivity index (χ3v) is 2.21. The van der Waals surface area contributed by atoms with Crippen molar-refractivity contribution in [3.8, 4) is 5.75 Å². The number of hydrogen-bond acceptors (Lipinski definition) is 2. The van der Waals surface area contributed by atoms with E-state index in [1.807, 2.05) is 50.3 Å². The second-order valence-electron chi connectivity index (χ2n) is 3.84. The van der Waals surface area contributed by atoms with Gasteiger partial charge in [-0.05, 0) is 31.5 Å². The van der Waals surface area contributed by atoms with E-state index >= 15 is 0 Å². The van der Waals surface area contributed by atoms with Crippen LogP contribution in [-0.2, 0) is 4.79 Å². The van der Waals surface area contributed by atoms with Crippen LogP contribution in [0.3, 0.4) is 0 Å². The predicted molar refractivity (Wildman–Crippen MR) is 73.6 cm³/mol. The van der Waals surface area contributed by atoms with Gasteiger partial charge in [-0.3, -0.25) is 4.79 Å². The van der Waals surface area contributed by atoms with Gasteiger partial charge in [-0.2, -0.15) is 0 Å². The highest BCUT2D eigenvalue weighted by atomic mass is 16.5. The third kappa shape index (κ3) is 5.89. The number of amides is 1. The van der Waals surface area contributed by atoms with Crippen molar-refractivity contribution in [1.29, 1.82) is 0 Å². The quantitative estimate of drug-likeness (QED) is 0.475. The predicted octanol–water partition coefficient (Wildman–Crippen LogP) is 2.62. The molecule has 0 heterocycles. The molecule has 96 valence electrons. The second kappa shape index (κ2) is 8.12. The Labute approximate surface area is 108 Å². The minimum atomic E-state index is -0.110. The highest BCUT2D eigenvalue weighted by molar-refractivity contribution is 5.87. The Balaban J connectivity index is 2.21. The topological polar surface area (TPSA) is 38.3 Å². The van der Waals surface area contributed by atoms with Gasteiger partial charge in [-0.15, -0.1) is 0 Å². The van der Waals surface area contributed by atoms with Gasteiger partial charge in [0.15, 0.2) is 0 Å². The highest BCUT2D eigenvalue weighted by Crippen LogP contribution is 2.11. The van der Waals surface area contributed by atoms with E-state index in [-0.39, 0.29) is 5.91 Å². The fourth-order valence-corrected chi connectivity index (χ4v) is 1.36. The van der Waals surface area contributed by atoms with Crippen LogP contribution in [0.5, 0.6) is 5.75 Å². The summed E-state index contributed by atoms with van der Waals surface area (Å²) in [5, 5.41) is 2.74. The van der Waals surface area contributed by atoms with Gasteiger partial charge in [0.25, 0.3) is 0 Å². The molecule has 3 nitrogen and oxygen atoms in total. The Bertz CT molecular complexity index is 436. The van der Waals surface area contributed by atoms with Crippen molar-refractivity contribution in [2.24, 2.45) is 0 Å². The molecule has 0 saturated carbocycles. The van der Waals surface area contributed by atoms with Crippen LogP contribution < -0.4 is 10.1 Å². The first-order valence-electron chi connectivity index (χ1n) is 5.99. The minimum Gasteiger partial charge on any atom is -0.492 e. The molecular formula is C15H19NO2. The maximum absolute atomic E-state index is 11.3. The Hall–Kier alpha value is -2.03. The normalized spacial score (nSPS) is 11.0. The van der Waals surface area contributed by atoms with Crippen molar-refractivity contribution >= 4 is 5.91 Å². The van der Waals surface area contributed by atoms with Crippen molar-refractivity contribution < 1.29 is 9.53 Å². The molecule has 0 saturated heterocycles. The molecule has 18 heavy (non-hydrogen) atoms. The molecule has 1 N–H and O–H groups in total. The van der Waals surface area contributed by atoms with Gasteiger partial charge in [0, 0.05) is 6.08 Å². The summed E-state index contributed by atoms with van der Waals surface area (Å²) in [4.78, 5) is 11.3. The molecule has 3 heteroatoms. The van der Waals surface area contributed by atoms with E-state index in [2.05, 4.69) is 5.32 Å².